The van der Waals surface area contributed by atoms with E-state index in [4.69, 9.17) is 12.2 Å². The lowest BCUT2D eigenvalue weighted by molar-refractivity contribution is 1.14. The average Bonchev–Trinajstić information content (AvgIpc) is 2.29. The Hall–Kier alpha value is -1.41. The van der Waals surface area contributed by atoms with Gasteiger partial charge in [-0.15, -0.1) is 0 Å². The lowest BCUT2D eigenvalue weighted by atomic mass is 10.1. The highest BCUT2D eigenvalue weighted by molar-refractivity contribution is 7.71. The Balaban J connectivity index is 2.41. The summed E-state index contributed by atoms with van der Waals surface area (Å²) in [7, 11) is 0. The molecule has 76 valence electrons. The zero-order chi connectivity index (χ0) is 10.7. The summed E-state index contributed by atoms with van der Waals surface area (Å²) in [6, 6.07) is 12.4. The van der Waals surface area contributed by atoms with Crippen LogP contribution in [0, 0.1) is 4.51 Å². The van der Waals surface area contributed by atoms with Crippen molar-refractivity contribution in [1.29, 1.82) is 0 Å². The lowest BCUT2D eigenvalue weighted by Crippen LogP contribution is -1.84. The number of pyridine rings is 1. The fourth-order valence-electron chi connectivity index (χ4n) is 1.53. The van der Waals surface area contributed by atoms with Crippen molar-refractivity contribution in [2.75, 3.05) is 0 Å². The van der Waals surface area contributed by atoms with Crippen molar-refractivity contribution < 1.29 is 0 Å². The molecule has 0 aliphatic heterocycles. The molecule has 1 heterocycles. The molecule has 0 bridgehead atoms. The van der Waals surface area contributed by atoms with E-state index < -0.39 is 0 Å². The molecule has 0 saturated carbocycles. The van der Waals surface area contributed by atoms with Crippen molar-refractivity contribution in [2.45, 2.75) is 13.3 Å². The molecule has 2 heteroatoms. The third-order valence-corrected chi connectivity index (χ3v) is 2.70. The number of rotatable bonds is 2. The summed E-state index contributed by atoms with van der Waals surface area (Å²) >= 11 is 5.13. The highest BCUT2D eigenvalue weighted by Gasteiger charge is 1.96. The molecule has 2 rings (SSSR count). The molecule has 0 unspecified atom stereocenters. The zero-order valence-corrected chi connectivity index (χ0v) is 9.47. The van der Waals surface area contributed by atoms with E-state index in [1.165, 1.54) is 11.1 Å². The summed E-state index contributed by atoms with van der Waals surface area (Å²) in [5.74, 6) is 0. The molecule has 0 aliphatic carbocycles. The van der Waals surface area contributed by atoms with Gasteiger partial charge in [-0.05, 0) is 29.7 Å². The first kappa shape index (κ1) is 10.1. The smallest absolute Gasteiger partial charge is 0.0467 e. The average molecular weight is 215 g/mol. The van der Waals surface area contributed by atoms with Gasteiger partial charge in [0, 0.05) is 16.4 Å². The molecular weight excluding hydrogens is 202 g/mol. The number of benzene rings is 1. The second-order valence-corrected chi connectivity index (χ2v) is 3.96. The first-order valence-electron chi connectivity index (χ1n) is 5.07. The molecule has 1 N–H and O–H groups in total. The van der Waals surface area contributed by atoms with Crippen molar-refractivity contribution in [3.63, 3.8) is 0 Å². The third-order valence-electron chi connectivity index (χ3n) is 2.45. The van der Waals surface area contributed by atoms with E-state index in [1.54, 1.807) is 0 Å². The summed E-state index contributed by atoms with van der Waals surface area (Å²) in [6.45, 7) is 2.16. The van der Waals surface area contributed by atoms with Crippen molar-refractivity contribution in [3.05, 3.63) is 52.7 Å². The summed E-state index contributed by atoms with van der Waals surface area (Å²) in [5.41, 5.74) is 3.61. The minimum atomic E-state index is 0.864. The largest absolute Gasteiger partial charge is 0.361 e. The Morgan fingerprint density at radius 3 is 2.47 bits per heavy atom. The maximum absolute atomic E-state index is 5.13. The van der Waals surface area contributed by atoms with Crippen LogP contribution in [0.1, 0.15) is 12.5 Å². The van der Waals surface area contributed by atoms with Crippen molar-refractivity contribution in [1.82, 2.24) is 4.98 Å². The number of aromatic nitrogens is 1. The highest BCUT2D eigenvalue weighted by Crippen LogP contribution is 2.17. The van der Waals surface area contributed by atoms with Crippen LogP contribution in [0.25, 0.3) is 11.3 Å². The van der Waals surface area contributed by atoms with Gasteiger partial charge in [0.25, 0.3) is 0 Å². The Morgan fingerprint density at radius 2 is 1.87 bits per heavy atom. The van der Waals surface area contributed by atoms with Crippen LogP contribution in [0.4, 0.5) is 0 Å². The van der Waals surface area contributed by atoms with Crippen LogP contribution in [-0.2, 0) is 6.42 Å². The van der Waals surface area contributed by atoms with Gasteiger partial charge in [-0.3, -0.25) is 0 Å². The van der Waals surface area contributed by atoms with E-state index >= 15 is 0 Å². The van der Waals surface area contributed by atoms with Crippen LogP contribution < -0.4 is 0 Å². The molecule has 1 aromatic carbocycles. The van der Waals surface area contributed by atoms with Crippen LogP contribution in [0.3, 0.4) is 0 Å². The molecule has 0 radical (unpaired) electrons. The van der Waals surface area contributed by atoms with E-state index in [1.807, 2.05) is 18.3 Å². The van der Waals surface area contributed by atoms with Crippen LogP contribution in [0.15, 0.2) is 42.6 Å². The maximum Gasteiger partial charge on any atom is 0.0467 e. The van der Waals surface area contributed by atoms with E-state index in [2.05, 4.69) is 36.2 Å². The summed E-state index contributed by atoms with van der Waals surface area (Å²) < 4.78 is 0.864. The molecule has 0 amide bonds. The lowest BCUT2D eigenvalue weighted by Gasteiger charge is -2.02. The first-order chi connectivity index (χ1) is 7.29. The fraction of sp³-hybridized carbons (Fsp3) is 0.154. The number of aryl methyl sites for hydroxylation is 1. The Bertz CT molecular complexity index is 496. The van der Waals surface area contributed by atoms with Crippen LogP contribution in [0.5, 0.6) is 0 Å². The van der Waals surface area contributed by atoms with E-state index in [-0.39, 0.29) is 0 Å². The second-order valence-electron chi connectivity index (χ2n) is 3.49. The molecule has 0 aliphatic rings. The van der Waals surface area contributed by atoms with Gasteiger partial charge >= 0.3 is 0 Å². The molecule has 1 nitrogen and oxygen atoms in total. The molecule has 0 fully saturated rings. The van der Waals surface area contributed by atoms with Gasteiger partial charge in [-0.1, -0.05) is 43.4 Å². The van der Waals surface area contributed by atoms with Crippen molar-refractivity contribution >= 4 is 12.2 Å². The van der Waals surface area contributed by atoms with Gasteiger partial charge in [0.1, 0.15) is 0 Å². The minimum absolute atomic E-state index is 0.864. The number of hydrogen-bond donors (Lipinski definition) is 1. The van der Waals surface area contributed by atoms with E-state index in [9.17, 15) is 0 Å². The summed E-state index contributed by atoms with van der Waals surface area (Å²) in [6.07, 6.45) is 2.95. The van der Waals surface area contributed by atoms with Crippen molar-refractivity contribution in [2.24, 2.45) is 0 Å². The number of nitrogens with one attached hydrogen (secondary N) is 1. The molecule has 1 aromatic heterocycles. The van der Waals surface area contributed by atoms with Crippen LogP contribution in [-0.4, -0.2) is 4.98 Å². The molecule has 0 saturated heterocycles. The second kappa shape index (κ2) is 4.41. The maximum atomic E-state index is 5.13. The predicted octanol–water partition coefficient (Wildman–Crippen LogP) is 3.97. The topological polar surface area (TPSA) is 15.8 Å². The zero-order valence-electron chi connectivity index (χ0n) is 8.66. The van der Waals surface area contributed by atoms with Gasteiger partial charge in [-0.25, -0.2) is 0 Å². The summed E-state index contributed by atoms with van der Waals surface area (Å²) in [4.78, 5) is 3.20. The number of H-pyrrole nitrogens is 1. The quantitative estimate of drug-likeness (QED) is 0.749. The number of hydrogen-bond acceptors (Lipinski definition) is 1. The predicted molar refractivity (Wildman–Crippen MR) is 66.4 cm³/mol. The van der Waals surface area contributed by atoms with Crippen LogP contribution >= 0.6 is 12.2 Å². The van der Waals surface area contributed by atoms with Gasteiger partial charge in [0.05, 0.1) is 0 Å². The molecule has 0 atom stereocenters. The Morgan fingerprint density at radius 1 is 1.13 bits per heavy atom. The highest BCUT2D eigenvalue weighted by atomic mass is 32.1. The van der Waals surface area contributed by atoms with Gasteiger partial charge < -0.3 is 4.98 Å². The molecule has 15 heavy (non-hydrogen) atoms. The number of aromatic amines is 1. The van der Waals surface area contributed by atoms with E-state index in [0.29, 0.717) is 0 Å². The monoisotopic (exact) mass is 215 g/mol. The normalized spacial score (nSPS) is 10.2. The molecule has 2 aromatic rings. The molecular formula is C13H13NS. The SMILES string of the molecule is CCc1ccc(-c2cc(=S)cc[nH]2)cc1. The van der Waals surface area contributed by atoms with Gasteiger partial charge in [0.2, 0.25) is 0 Å². The van der Waals surface area contributed by atoms with Gasteiger partial charge in [-0.2, -0.15) is 0 Å². The van der Waals surface area contributed by atoms with Crippen molar-refractivity contribution in [3.8, 4) is 11.3 Å². The van der Waals surface area contributed by atoms with Crippen LogP contribution in [0.2, 0.25) is 0 Å². The fourth-order valence-corrected chi connectivity index (χ4v) is 1.72. The Labute approximate surface area is 94.8 Å². The molecule has 0 spiro atoms. The first-order valence-corrected chi connectivity index (χ1v) is 5.48. The summed E-state index contributed by atoms with van der Waals surface area (Å²) in [5, 5.41) is 0. The Kier molecular flexibility index (Phi) is 2.97. The van der Waals surface area contributed by atoms with Gasteiger partial charge in [0.15, 0.2) is 0 Å². The standard InChI is InChI=1S/C13H13NS/c1-2-10-3-5-11(6-4-10)13-9-12(15)7-8-14-13/h3-9H,2H2,1H3,(H,14,15). The van der Waals surface area contributed by atoms with E-state index in [0.717, 1.165) is 16.6 Å². The third kappa shape index (κ3) is 2.34. The minimum Gasteiger partial charge on any atom is -0.361 e.